The molecule has 1 spiro atoms. The van der Waals surface area contributed by atoms with E-state index in [-0.39, 0.29) is 11.8 Å². The summed E-state index contributed by atoms with van der Waals surface area (Å²) in [7, 11) is 0.135. The molecule has 0 bridgehead atoms. The first-order valence-corrected chi connectivity index (χ1v) is 14.1. The third-order valence-corrected chi connectivity index (χ3v) is 8.41. The molecule has 4 aromatic rings. The minimum atomic E-state index is -3.47. The van der Waals surface area contributed by atoms with E-state index in [4.69, 9.17) is 0 Å². The van der Waals surface area contributed by atoms with Gasteiger partial charge in [0.1, 0.15) is 17.3 Å². The van der Waals surface area contributed by atoms with Crippen LogP contribution in [0.15, 0.2) is 54.7 Å². The fraction of sp³-hybridized carbons (Fsp3) is 0.308. The predicted octanol–water partition coefficient (Wildman–Crippen LogP) is 3.73. The van der Waals surface area contributed by atoms with Crippen molar-refractivity contribution < 1.29 is 12.8 Å². The molecule has 2 aliphatic rings. The molecule has 2 fully saturated rings. The van der Waals surface area contributed by atoms with Gasteiger partial charge in [-0.05, 0) is 43.4 Å². The molecular weight excluding hydrogens is 507 g/mol. The molecule has 0 aliphatic carbocycles. The summed E-state index contributed by atoms with van der Waals surface area (Å²) >= 11 is 0. The Kier molecular flexibility index (Phi) is 5.69. The smallest absolute Gasteiger partial charge is 0.232 e. The lowest BCUT2D eigenvalue weighted by molar-refractivity contribution is -0.00270. The number of rotatable bonds is 7. The van der Waals surface area contributed by atoms with Gasteiger partial charge in [0, 0.05) is 50.5 Å². The van der Waals surface area contributed by atoms with Crippen LogP contribution in [-0.2, 0) is 10.0 Å². The number of hydrogen-bond acceptors (Lipinski definition) is 8. The second kappa shape index (κ2) is 8.84. The number of likely N-dealkylation sites (tertiary alicyclic amines) is 1. The molecule has 6 rings (SSSR count). The fourth-order valence-corrected chi connectivity index (χ4v) is 5.97. The van der Waals surface area contributed by atoms with Crippen LogP contribution in [0.2, 0.25) is 0 Å². The van der Waals surface area contributed by atoms with E-state index in [1.165, 1.54) is 17.4 Å². The average Bonchev–Trinajstić information content (AvgIpc) is 3.29. The van der Waals surface area contributed by atoms with Gasteiger partial charge in [0.15, 0.2) is 0 Å². The van der Waals surface area contributed by atoms with Gasteiger partial charge in [0.25, 0.3) is 0 Å². The topological polar surface area (TPSA) is 109 Å². The molecule has 38 heavy (non-hydrogen) atoms. The molecular formula is C26H29FN8O2S. The molecule has 2 saturated heterocycles. The van der Waals surface area contributed by atoms with Gasteiger partial charge >= 0.3 is 0 Å². The maximum atomic E-state index is 15.1. The van der Waals surface area contributed by atoms with Crippen molar-refractivity contribution in [1.29, 1.82) is 0 Å². The van der Waals surface area contributed by atoms with Crippen molar-refractivity contribution in [2.75, 3.05) is 66.4 Å². The van der Waals surface area contributed by atoms with Crippen molar-refractivity contribution >= 4 is 55.6 Å². The second-order valence-corrected chi connectivity index (χ2v) is 12.3. The van der Waals surface area contributed by atoms with E-state index >= 15 is 4.39 Å². The number of sulfonamides is 1. The first-order chi connectivity index (χ1) is 18.1. The van der Waals surface area contributed by atoms with Crippen LogP contribution in [0.25, 0.3) is 11.0 Å². The summed E-state index contributed by atoms with van der Waals surface area (Å²) in [5, 5.41) is 7.08. The number of para-hydroxylation sites is 2. The zero-order chi connectivity index (χ0) is 26.7. The molecule has 2 aromatic carbocycles. The van der Waals surface area contributed by atoms with Crippen molar-refractivity contribution in [3.8, 4) is 0 Å². The molecule has 2 aliphatic heterocycles. The lowest BCUT2D eigenvalue weighted by Crippen LogP contribution is -2.71. The number of nitrogens with one attached hydrogen (secondary N) is 3. The maximum Gasteiger partial charge on any atom is 0.232 e. The van der Waals surface area contributed by atoms with Crippen molar-refractivity contribution in [3.05, 3.63) is 60.5 Å². The highest BCUT2D eigenvalue weighted by Crippen LogP contribution is 2.42. The lowest BCUT2D eigenvalue weighted by Gasteiger charge is -2.60. The van der Waals surface area contributed by atoms with Crippen LogP contribution in [0, 0.1) is 11.2 Å². The van der Waals surface area contributed by atoms with Gasteiger partial charge in [0.05, 0.1) is 28.7 Å². The molecule has 12 heteroatoms. The van der Waals surface area contributed by atoms with Crippen LogP contribution in [0.1, 0.15) is 0 Å². The summed E-state index contributed by atoms with van der Waals surface area (Å²) in [6.07, 6.45) is 2.90. The molecule has 0 amide bonds. The highest BCUT2D eigenvalue weighted by molar-refractivity contribution is 7.92. The number of halogens is 1. The van der Waals surface area contributed by atoms with E-state index in [2.05, 4.69) is 42.4 Å². The van der Waals surface area contributed by atoms with E-state index in [9.17, 15) is 8.42 Å². The van der Waals surface area contributed by atoms with Crippen LogP contribution in [0.4, 0.5) is 38.9 Å². The Labute approximate surface area is 220 Å². The van der Waals surface area contributed by atoms with Gasteiger partial charge in [-0.2, -0.15) is 9.97 Å². The van der Waals surface area contributed by atoms with E-state index in [1.807, 2.05) is 18.2 Å². The number of fused-ring (bicyclic) bond motifs is 1. The highest BCUT2D eigenvalue weighted by atomic mass is 32.2. The van der Waals surface area contributed by atoms with Crippen molar-refractivity contribution in [1.82, 2.24) is 19.9 Å². The number of H-pyrrole nitrogens is 1. The van der Waals surface area contributed by atoms with Gasteiger partial charge in [-0.3, -0.25) is 4.31 Å². The number of aromatic nitrogens is 3. The van der Waals surface area contributed by atoms with E-state index in [0.717, 1.165) is 37.8 Å². The Morgan fingerprint density at radius 3 is 2.53 bits per heavy atom. The van der Waals surface area contributed by atoms with Crippen LogP contribution >= 0.6 is 0 Å². The molecule has 198 valence electrons. The number of aromatic amines is 1. The average molecular weight is 537 g/mol. The summed E-state index contributed by atoms with van der Waals surface area (Å²) in [5.74, 6) is 0.445. The second-order valence-electron chi connectivity index (χ2n) is 10.3. The van der Waals surface area contributed by atoms with Crippen LogP contribution in [0.3, 0.4) is 0 Å². The Hall–Kier alpha value is -3.90. The third kappa shape index (κ3) is 4.39. The normalized spacial score (nSPS) is 16.8. The standard InChI is InChI=1S/C26H29FN8O2S/c1-33-13-26(14-33)15-35(16-26)21-9-8-17(12-19(21)27)29-25-31-23-18(10-11-28-23)24(32-25)30-20-6-4-5-7-22(20)34(2)38(3,36)37/h4-12H,13-16H2,1-3H3,(H3,28,29,30,31,32). The quantitative estimate of drug-likeness (QED) is 0.328. The Morgan fingerprint density at radius 2 is 1.82 bits per heavy atom. The summed E-state index contributed by atoms with van der Waals surface area (Å²) in [4.78, 5) is 16.6. The first-order valence-electron chi connectivity index (χ1n) is 12.3. The van der Waals surface area contributed by atoms with E-state index < -0.39 is 10.0 Å². The van der Waals surface area contributed by atoms with Crippen LogP contribution < -0.4 is 19.8 Å². The Balaban J connectivity index is 1.25. The van der Waals surface area contributed by atoms with E-state index in [0.29, 0.717) is 39.6 Å². The molecule has 10 nitrogen and oxygen atoms in total. The summed E-state index contributed by atoms with van der Waals surface area (Å²) < 4.78 is 40.6. The van der Waals surface area contributed by atoms with Gasteiger partial charge < -0.3 is 25.4 Å². The first kappa shape index (κ1) is 24.4. The lowest BCUT2D eigenvalue weighted by atomic mass is 9.73. The van der Waals surface area contributed by atoms with Gasteiger partial charge in [-0.1, -0.05) is 12.1 Å². The molecule has 2 aromatic heterocycles. The third-order valence-electron chi connectivity index (χ3n) is 7.22. The van der Waals surface area contributed by atoms with E-state index in [1.54, 1.807) is 30.5 Å². The Bertz CT molecular complexity index is 1630. The number of anilines is 6. The maximum absolute atomic E-state index is 15.1. The Morgan fingerprint density at radius 1 is 1.05 bits per heavy atom. The molecule has 0 unspecified atom stereocenters. The largest absolute Gasteiger partial charge is 0.368 e. The fourth-order valence-electron chi connectivity index (χ4n) is 5.46. The minimum Gasteiger partial charge on any atom is -0.368 e. The summed E-state index contributed by atoms with van der Waals surface area (Å²) in [5.41, 5.74) is 3.06. The van der Waals surface area contributed by atoms with Gasteiger partial charge in [-0.25, -0.2) is 12.8 Å². The zero-order valence-corrected chi connectivity index (χ0v) is 22.2. The molecule has 0 radical (unpaired) electrons. The molecule has 3 N–H and O–H groups in total. The highest BCUT2D eigenvalue weighted by Gasteiger charge is 2.50. The predicted molar refractivity (Wildman–Crippen MR) is 149 cm³/mol. The van der Waals surface area contributed by atoms with Crippen molar-refractivity contribution in [2.24, 2.45) is 5.41 Å². The monoisotopic (exact) mass is 536 g/mol. The molecule has 0 saturated carbocycles. The zero-order valence-electron chi connectivity index (χ0n) is 21.4. The SMILES string of the molecule is CN1CC2(C1)CN(c1ccc(Nc3nc(Nc4ccccc4N(C)S(C)(=O)=O)c4cc[nH]c4n3)cc1F)C2. The van der Waals surface area contributed by atoms with Gasteiger partial charge in [0.2, 0.25) is 16.0 Å². The van der Waals surface area contributed by atoms with Gasteiger partial charge in [-0.15, -0.1) is 0 Å². The molecule has 4 heterocycles. The summed E-state index contributed by atoms with van der Waals surface area (Å²) in [6, 6.07) is 14.0. The minimum absolute atomic E-state index is 0.268. The van der Waals surface area contributed by atoms with Crippen LogP contribution in [0.5, 0.6) is 0 Å². The van der Waals surface area contributed by atoms with Crippen LogP contribution in [-0.4, -0.2) is 74.8 Å². The number of nitrogens with zero attached hydrogens (tertiary/aromatic N) is 5. The number of benzene rings is 2. The molecule has 0 atom stereocenters. The van der Waals surface area contributed by atoms with Crippen molar-refractivity contribution in [2.45, 2.75) is 0 Å². The number of hydrogen-bond donors (Lipinski definition) is 3. The summed E-state index contributed by atoms with van der Waals surface area (Å²) in [6.45, 7) is 3.88. The van der Waals surface area contributed by atoms with Crippen molar-refractivity contribution in [3.63, 3.8) is 0 Å².